The lowest BCUT2D eigenvalue weighted by atomic mass is 9.96. The summed E-state index contributed by atoms with van der Waals surface area (Å²) in [6, 6.07) is 10.8. The Hall–Kier alpha value is -1.42. The molecule has 2 fully saturated rings. The van der Waals surface area contributed by atoms with E-state index in [4.69, 9.17) is 0 Å². The molecule has 2 aliphatic carbocycles. The maximum absolute atomic E-state index is 4.61. The number of nitrogens with zero attached hydrogens (tertiary/aromatic N) is 2. The molecule has 1 aromatic carbocycles. The molecule has 2 aromatic rings. The van der Waals surface area contributed by atoms with Crippen molar-refractivity contribution in [2.24, 2.45) is 5.41 Å². The molecule has 2 saturated carbocycles. The van der Waals surface area contributed by atoms with E-state index in [1.807, 2.05) is 0 Å². The molecule has 0 bridgehead atoms. The van der Waals surface area contributed by atoms with Crippen LogP contribution in [0.3, 0.4) is 0 Å². The average molecular weight is 285 g/mol. The highest BCUT2D eigenvalue weighted by Crippen LogP contribution is 2.48. The molecule has 0 saturated heterocycles. The summed E-state index contributed by atoms with van der Waals surface area (Å²) in [5.74, 6) is 1.71. The number of anilines is 1. The van der Waals surface area contributed by atoms with Gasteiger partial charge in [-0.15, -0.1) is 0 Å². The number of hydrogen-bond donors (Lipinski definition) is 1. The molecule has 4 rings (SSSR count). The van der Waals surface area contributed by atoms with Crippen LogP contribution in [0, 0.1) is 5.41 Å². The standard InChI is InChI=1S/C16H19N3S/c1-2-4-12(5-3-1)10-16(8-9-16)11-17-15-18-14(19-20-15)13-6-7-13/h1-5,13H,6-11H2,(H,17,18,19). The van der Waals surface area contributed by atoms with Gasteiger partial charge in [0, 0.05) is 24.0 Å². The third-order valence-corrected chi connectivity index (χ3v) is 5.06. The van der Waals surface area contributed by atoms with Gasteiger partial charge in [0.25, 0.3) is 0 Å². The van der Waals surface area contributed by atoms with Crippen molar-refractivity contribution in [2.45, 2.75) is 38.0 Å². The van der Waals surface area contributed by atoms with Crippen LogP contribution in [0.25, 0.3) is 0 Å². The van der Waals surface area contributed by atoms with Gasteiger partial charge in [0.05, 0.1) is 0 Å². The Kier molecular flexibility index (Phi) is 2.99. The third kappa shape index (κ3) is 2.70. The molecule has 20 heavy (non-hydrogen) atoms. The molecule has 1 heterocycles. The number of nitrogens with one attached hydrogen (secondary N) is 1. The van der Waals surface area contributed by atoms with Crippen molar-refractivity contribution < 1.29 is 0 Å². The third-order valence-electron chi connectivity index (χ3n) is 4.38. The second-order valence-electron chi connectivity index (χ2n) is 6.25. The van der Waals surface area contributed by atoms with Crippen molar-refractivity contribution in [3.8, 4) is 0 Å². The molecule has 4 heteroatoms. The van der Waals surface area contributed by atoms with E-state index < -0.39 is 0 Å². The number of aromatic nitrogens is 2. The first-order chi connectivity index (χ1) is 9.83. The van der Waals surface area contributed by atoms with Crippen molar-refractivity contribution in [2.75, 3.05) is 11.9 Å². The molecule has 1 aromatic heterocycles. The van der Waals surface area contributed by atoms with E-state index in [2.05, 4.69) is 45.0 Å². The number of hydrogen-bond acceptors (Lipinski definition) is 4. The van der Waals surface area contributed by atoms with E-state index in [1.165, 1.54) is 49.2 Å². The largest absolute Gasteiger partial charge is 0.360 e. The molecule has 2 aliphatic rings. The summed E-state index contributed by atoms with van der Waals surface area (Å²) >= 11 is 1.52. The second-order valence-corrected chi connectivity index (χ2v) is 7.00. The summed E-state index contributed by atoms with van der Waals surface area (Å²) in [7, 11) is 0. The molecule has 1 N–H and O–H groups in total. The van der Waals surface area contributed by atoms with Crippen LogP contribution >= 0.6 is 11.5 Å². The van der Waals surface area contributed by atoms with Crippen molar-refractivity contribution in [1.82, 2.24) is 9.36 Å². The molecule has 3 nitrogen and oxygen atoms in total. The first-order valence-corrected chi connectivity index (χ1v) is 8.22. The van der Waals surface area contributed by atoms with E-state index in [0.717, 1.165) is 17.5 Å². The van der Waals surface area contributed by atoms with E-state index >= 15 is 0 Å². The summed E-state index contributed by atoms with van der Waals surface area (Å²) in [6.07, 6.45) is 6.36. The van der Waals surface area contributed by atoms with Gasteiger partial charge in [-0.1, -0.05) is 30.3 Å². The minimum absolute atomic E-state index is 0.451. The first kappa shape index (κ1) is 12.3. The number of benzene rings is 1. The maximum atomic E-state index is 4.61. The maximum Gasteiger partial charge on any atom is 0.202 e. The Bertz CT molecular complexity index is 585. The van der Waals surface area contributed by atoms with Crippen LogP contribution in [0.1, 0.15) is 43.0 Å². The fraction of sp³-hybridized carbons (Fsp3) is 0.500. The number of rotatable bonds is 6. The SMILES string of the molecule is c1ccc(CC2(CNc3nc(C4CC4)ns3)CC2)cc1. The zero-order valence-electron chi connectivity index (χ0n) is 11.5. The lowest BCUT2D eigenvalue weighted by Gasteiger charge is -2.15. The smallest absolute Gasteiger partial charge is 0.202 e. The minimum atomic E-state index is 0.451. The zero-order chi connectivity index (χ0) is 13.4. The van der Waals surface area contributed by atoms with E-state index in [-0.39, 0.29) is 0 Å². The highest BCUT2D eigenvalue weighted by molar-refractivity contribution is 7.09. The van der Waals surface area contributed by atoms with Crippen molar-refractivity contribution in [3.05, 3.63) is 41.7 Å². The molecule has 0 aliphatic heterocycles. The molecular weight excluding hydrogens is 266 g/mol. The van der Waals surface area contributed by atoms with Crippen LogP contribution < -0.4 is 5.32 Å². The quantitative estimate of drug-likeness (QED) is 0.876. The lowest BCUT2D eigenvalue weighted by Crippen LogP contribution is -2.17. The van der Waals surface area contributed by atoms with Gasteiger partial charge in [-0.2, -0.15) is 4.37 Å². The van der Waals surface area contributed by atoms with Crippen molar-refractivity contribution >= 4 is 16.7 Å². The van der Waals surface area contributed by atoms with Gasteiger partial charge >= 0.3 is 0 Å². The fourth-order valence-corrected chi connectivity index (χ4v) is 3.34. The van der Waals surface area contributed by atoms with E-state index in [0.29, 0.717) is 11.3 Å². The highest BCUT2D eigenvalue weighted by Gasteiger charge is 2.42. The van der Waals surface area contributed by atoms with E-state index in [9.17, 15) is 0 Å². The second kappa shape index (κ2) is 4.85. The van der Waals surface area contributed by atoms with Gasteiger partial charge in [-0.05, 0) is 43.1 Å². The molecule has 104 valence electrons. The Morgan fingerprint density at radius 1 is 1.20 bits per heavy atom. The van der Waals surface area contributed by atoms with Crippen LogP contribution in [0.4, 0.5) is 5.13 Å². The highest BCUT2D eigenvalue weighted by atomic mass is 32.1. The van der Waals surface area contributed by atoms with Crippen LogP contribution in [0.15, 0.2) is 30.3 Å². The summed E-state index contributed by atoms with van der Waals surface area (Å²) in [5.41, 5.74) is 1.90. The van der Waals surface area contributed by atoms with Crippen LogP contribution in [-0.2, 0) is 6.42 Å². The summed E-state index contributed by atoms with van der Waals surface area (Å²) in [5, 5.41) is 4.52. The fourth-order valence-electron chi connectivity index (χ4n) is 2.70. The predicted molar refractivity (Wildman–Crippen MR) is 82.2 cm³/mol. The first-order valence-electron chi connectivity index (χ1n) is 7.44. The van der Waals surface area contributed by atoms with Gasteiger partial charge in [0.15, 0.2) is 0 Å². The zero-order valence-corrected chi connectivity index (χ0v) is 12.3. The minimum Gasteiger partial charge on any atom is -0.360 e. The summed E-state index contributed by atoms with van der Waals surface area (Å²) < 4.78 is 4.45. The average Bonchev–Trinajstić information content (AvgIpc) is 3.40. The molecule has 0 spiro atoms. The molecule has 0 radical (unpaired) electrons. The normalized spacial score (nSPS) is 19.8. The van der Waals surface area contributed by atoms with Gasteiger partial charge in [0.2, 0.25) is 5.13 Å². The predicted octanol–water partition coefficient (Wildman–Crippen LogP) is 3.85. The van der Waals surface area contributed by atoms with Gasteiger partial charge in [-0.25, -0.2) is 4.98 Å². The van der Waals surface area contributed by atoms with Crippen LogP contribution in [0.5, 0.6) is 0 Å². The molecule has 0 atom stereocenters. The molecular formula is C16H19N3S. The summed E-state index contributed by atoms with van der Waals surface area (Å²) in [6.45, 7) is 1.03. The monoisotopic (exact) mass is 285 g/mol. The molecule has 0 unspecified atom stereocenters. The Morgan fingerprint density at radius 2 is 2.00 bits per heavy atom. The van der Waals surface area contributed by atoms with Gasteiger partial charge in [-0.3, -0.25) is 0 Å². The van der Waals surface area contributed by atoms with Crippen molar-refractivity contribution in [1.29, 1.82) is 0 Å². The Balaban J connectivity index is 1.36. The van der Waals surface area contributed by atoms with Crippen molar-refractivity contribution in [3.63, 3.8) is 0 Å². The topological polar surface area (TPSA) is 37.8 Å². The lowest BCUT2D eigenvalue weighted by molar-refractivity contribution is 0.538. The van der Waals surface area contributed by atoms with Crippen LogP contribution in [-0.4, -0.2) is 15.9 Å². The van der Waals surface area contributed by atoms with Crippen LogP contribution in [0.2, 0.25) is 0 Å². The summed E-state index contributed by atoms with van der Waals surface area (Å²) in [4.78, 5) is 4.61. The van der Waals surface area contributed by atoms with Gasteiger partial charge in [0.1, 0.15) is 5.82 Å². The van der Waals surface area contributed by atoms with E-state index in [1.54, 1.807) is 0 Å². The molecule has 0 amide bonds. The van der Waals surface area contributed by atoms with Gasteiger partial charge < -0.3 is 5.32 Å². The Morgan fingerprint density at radius 3 is 2.70 bits per heavy atom. The Labute approximate surface area is 123 Å².